The predicted molar refractivity (Wildman–Crippen MR) is 110 cm³/mol. The molecule has 8 heteroatoms. The Labute approximate surface area is 172 Å². The summed E-state index contributed by atoms with van der Waals surface area (Å²) in [6, 6.07) is 15.8. The third kappa shape index (κ3) is 5.71. The number of carbonyl (C=O) groups excluding carboxylic acids is 3. The Kier molecular flexibility index (Phi) is 6.83. The summed E-state index contributed by atoms with van der Waals surface area (Å²) in [5.74, 6) is -0.782. The molecular weight excluding hydrogens is 386 g/mol. The number of phenolic OH excluding ortho intramolecular Hbond substituents is 1. The molecule has 1 aromatic heterocycles. The summed E-state index contributed by atoms with van der Waals surface area (Å²) in [5, 5.41) is 17.6. The molecular formula is C22H21N3O5. The van der Waals surface area contributed by atoms with Crippen molar-refractivity contribution in [2.75, 3.05) is 18.4 Å². The Morgan fingerprint density at radius 2 is 1.47 bits per heavy atom. The van der Waals surface area contributed by atoms with Crippen LogP contribution in [-0.4, -0.2) is 35.9 Å². The lowest BCUT2D eigenvalue weighted by molar-refractivity contribution is 0.0948. The molecule has 2 aromatic carbocycles. The molecule has 3 amide bonds. The number of nitrogens with one attached hydrogen (secondary N) is 3. The SMILES string of the molecule is O=C(NCCCNC(=O)c1cccc(NC(=O)c2ccco2)c1)c1cccc(O)c1. The van der Waals surface area contributed by atoms with Gasteiger partial charge in [0.25, 0.3) is 17.7 Å². The van der Waals surface area contributed by atoms with Crippen LogP contribution in [0.15, 0.2) is 71.3 Å². The summed E-state index contributed by atoms with van der Waals surface area (Å²) >= 11 is 0. The molecule has 0 spiro atoms. The maximum Gasteiger partial charge on any atom is 0.291 e. The molecule has 0 fully saturated rings. The molecule has 30 heavy (non-hydrogen) atoms. The summed E-state index contributed by atoms with van der Waals surface area (Å²) in [6.07, 6.45) is 1.94. The number of hydrogen-bond donors (Lipinski definition) is 4. The number of rotatable bonds is 8. The monoisotopic (exact) mass is 407 g/mol. The number of furan rings is 1. The predicted octanol–water partition coefficient (Wildman–Crippen LogP) is 2.79. The van der Waals surface area contributed by atoms with Crippen LogP contribution in [0.5, 0.6) is 5.75 Å². The molecule has 0 bridgehead atoms. The highest BCUT2D eigenvalue weighted by molar-refractivity contribution is 6.03. The van der Waals surface area contributed by atoms with Crippen molar-refractivity contribution in [3.05, 3.63) is 83.8 Å². The van der Waals surface area contributed by atoms with E-state index in [1.807, 2.05) is 0 Å². The van der Waals surface area contributed by atoms with Crippen LogP contribution in [0.3, 0.4) is 0 Å². The summed E-state index contributed by atoms with van der Waals surface area (Å²) < 4.78 is 5.04. The van der Waals surface area contributed by atoms with Crippen molar-refractivity contribution in [1.82, 2.24) is 10.6 Å². The fourth-order valence-electron chi connectivity index (χ4n) is 2.68. The van der Waals surface area contributed by atoms with Gasteiger partial charge in [-0.1, -0.05) is 12.1 Å². The third-order valence-corrected chi connectivity index (χ3v) is 4.16. The first-order valence-electron chi connectivity index (χ1n) is 9.33. The van der Waals surface area contributed by atoms with E-state index < -0.39 is 5.91 Å². The van der Waals surface area contributed by atoms with Crippen molar-refractivity contribution in [1.29, 1.82) is 0 Å². The zero-order valence-corrected chi connectivity index (χ0v) is 16.1. The van der Waals surface area contributed by atoms with E-state index in [1.165, 1.54) is 18.4 Å². The minimum atomic E-state index is -0.403. The van der Waals surface area contributed by atoms with E-state index in [2.05, 4.69) is 16.0 Å². The molecule has 0 aliphatic rings. The number of anilines is 1. The molecule has 0 aliphatic carbocycles. The minimum absolute atomic E-state index is 0.0255. The zero-order chi connectivity index (χ0) is 21.3. The summed E-state index contributed by atoms with van der Waals surface area (Å²) in [6.45, 7) is 0.732. The van der Waals surface area contributed by atoms with E-state index in [-0.39, 0.29) is 23.3 Å². The summed E-state index contributed by atoms with van der Waals surface area (Å²) in [5.41, 5.74) is 1.24. The number of benzene rings is 2. The van der Waals surface area contributed by atoms with Gasteiger partial charge in [-0.15, -0.1) is 0 Å². The molecule has 0 unspecified atom stereocenters. The van der Waals surface area contributed by atoms with Crippen molar-refractivity contribution in [3.8, 4) is 5.75 Å². The van der Waals surface area contributed by atoms with Gasteiger partial charge in [0.05, 0.1) is 6.26 Å². The van der Waals surface area contributed by atoms with Gasteiger partial charge in [-0.05, 0) is 55.0 Å². The van der Waals surface area contributed by atoms with Crippen LogP contribution in [-0.2, 0) is 0 Å². The maximum atomic E-state index is 12.3. The Morgan fingerprint density at radius 1 is 0.800 bits per heavy atom. The average Bonchev–Trinajstić information content (AvgIpc) is 3.28. The van der Waals surface area contributed by atoms with E-state index in [0.717, 1.165) is 0 Å². The van der Waals surface area contributed by atoms with Crippen LogP contribution in [0.4, 0.5) is 5.69 Å². The smallest absolute Gasteiger partial charge is 0.291 e. The van der Waals surface area contributed by atoms with Gasteiger partial charge >= 0.3 is 0 Å². The van der Waals surface area contributed by atoms with Gasteiger partial charge in [-0.2, -0.15) is 0 Å². The van der Waals surface area contributed by atoms with Gasteiger partial charge in [-0.25, -0.2) is 0 Å². The average molecular weight is 407 g/mol. The van der Waals surface area contributed by atoms with Crippen LogP contribution in [0.1, 0.15) is 37.7 Å². The molecule has 3 aromatic rings. The highest BCUT2D eigenvalue weighted by Gasteiger charge is 2.11. The standard InChI is InChI=1S/C22H21N3O5/c26-18-8-2-6-16(14-18)21(28)24-11-4-10-23-20(27)15-5-1-7-17(13-15)25-22(29)19-9-3-12-30-19/h1-3,5-9,12-14,26H,4,10-11H2,(H,23,27)(H,24,28)(H,25,29). The van der Waals surface area contributed by atoms with Gasteiger partial charge in [0.2, 0.25) is 0 Å². The first-order chi connectivity index (χ1) is 14.5. The topological polar surface area (TPSA) is 121 Å². The second kappa shape index (κ2) is 9.92. The second-order valence-electron chi connectivity index (χ2n) is 6.43. The fourth-order valence-corrected chi connectivity index (χ4v) is 2.68. The van der Waals surface area contributed by atoms with Crippen LogP contribution in [0, 0.1) is 0 Å². The Balaban J connectivity index is 1.42. The first kappa shape index (κ1) is 20.7. The largest absolute Gasteiger partial charge is 0.508 e. The van der Waals surface area contributed by atoms with Crippen LogP contribution >= 0.6 is 0 Å². The molecule has 154 valence electrons. The van der Waals surface area contributed by atoms with E-state index in [1.54, 1.807) is 48.5 Å². The molecule has 0 radical (unpaired) electrons. The Morgan fingerprint density at radius 3 is 2.10 bits per heavy atom. The van der Waals surface area contributed by atoms with Crippen molar-refractivity contribution >= 4 is 23.4 Å². The minimum Gasteiger partial charge on any atom is -0.508 e. The number of hydrogen-bond acceptors (Lipinski definition) is 5. The molecule has 3 rings (SSSR count). The zero-order valence-electron chi connectivity index (χ0n) is 16.1. The van der Waals surface area contributed by atoms with Crippen molar-refractivity contribution < 1.29 is 23.9 Å². The van der Waals surface area contributed by atoms with E-state index >= 15 is 0 Å². The molecule has 0 saturated heterocycles. The maximum absolute atomic E-state index is 12.3. The first-order valence-corrected chi connectivity index (χ1v) is 9.33. The number of aromatic hydroxyl groups is 1. The summed E-state index contributed by atoms with van der Waals surface area (Å²) in [7, 11) is 0. The quantitative estimate of drug-likeness (QED) is 0.428. The number of amides is 3. The molecule has 0 atom stereocenters. The van der Waals surface area contributed by atoms with Gasteiger partial charge in [0.15, 0.2) is 5.76 Å². The molecule has 0 saturated carbocycles. The highest BCUT2D eigenvalue weighted by atomic mass is 16.3. The Hall–Kier alpha value is -4.07. The lowest BCUT2D eigenvalue weighted by atomic mass is 10.2. The van der Waals surface area contributed by atoms with Gasteiger partial charge in [0.1, 0.15) is 5.75 Å². The lowest BCUT2D eigenvalue weighted by Crippen LogP contribution is -2.29. The van der Waals surface area contributed by atoms with E-state index in [0.29, 0.717) is 36.3 Å². The molecule has 4 N–H and O–H groups in total. The number of phenols is 1. The van der Waals surface area contributed by atoms with Crippen molar-refractivity contribution in [2.45, 2.75) is 6.42 Å². The van der Waals surface area contributed by atoms with Gasteiger partial charge in [-0.3, -0.25) is 14.4 Å². The van der Waals surface area contributed by atoms with E-state index in [9.17, 15) is 19.5 Å². The number of carbonyl (C=O) groups is 3. The molecule has 8 nitrogen and oxygen atoms in total. The second-order valence-corrected chi connectivity index (χ2v) is 6.43. The normalized spacial score (nSPS) is 10.3. The van der Waals surface area contributed by atoms with Crippen LogP contribution in [0.25, 0.3) is 0 Å². The third-order valence-electron chi connectivity index (χ3n) is 4.16. The van der Waals surface area contributed by atoms with Crippen molar-refractivity contribution in [3.63, 3.8) is 0 Å². The Bertz CT molecular complexity index is 1030. The van der Waals surface area contributed by atoms with Crippen molar-refractivity contribution in [2.24, 2.45) is 0 Å². The van der Waals surface area contributed by atoms with Crippen LogP contribution in [0.2, 0.25) is 0 Å². The van der Waals surface area contributed by atoms with Crippen LogP contribution < -0.4 is 16.0 Å². The molecule has 1 heterocycles. The molecule has 0 aliphatic heterocycles. The highest BCUT2D eigenvalue weighted by Crippen LogP contribution is 2.13. The van der Waals surface area contributed by atoms with Gasteiger partial charge < -0.3 is 25.5 Å². The summed E-state index contributed by atoms with van der Waals surface area (Å²) in [4.78, 5) is 36.3. The lowest BCUT2D eigenvalue weighted by Gasteiger charge is -2.09. The fraction of sp³-hybridized carbons (Fsp3) is 0.136. The van der Waals surface area contributed by atoms with Gasteiger partial charge in [0, 0.05) is 29.9 Å². The van der Waals surface area contributed by atoms with E-state index in [4.69, 9.17) is 4.42 Å².